The Bertz CT molecular complexity index is 2180. The largest absolute Gasteiger partial charge is 0.508 e. The van der Waals surface area contributed by atoms with E-state index in [1.54, 1.807) is 18.5 Å². The second-order valence-corrected chi connectivity index (χ2v) is 15.3. The highest BCUT2D eigenvalue weighted by Crippen LogP contribution is 2.54. The van der Waals surface area contributed by atoms with Crippen LogP contribution in [0.25, 0.3) is 6.08 Å². The number of carbonyl (C=O) groups excluding carboxylic acids is 1. The number of carboxylic acid groups (broad SMARTS) is 1. The number of benzene rings is 3. The summed E-state index contributed by atoms with van der Waals surface area (Å²) in [6.45, 7) is 1.08. The number of aromatic hydroxyl groups is 2. The molecular weight excluding hydrogens is 752 g/mol. The number of phenols is 2. The molecule has 1 aliphatic carbocycles. The number of H-pyrrole nitrogens is 1. The first-order valence-electron chi connectivity index (χ1n) is 19.2. The summed E-state index contributed by atoms with van der Waals surface area (Å²) < 4.78 is 10.8. The number of anilines is 1. The Morgan fingerprint density at radius 2 is 1.83 bits per heavy atom. The fourth-order valence-electron chi connectivity index (χ4n) is 8.87. The number of nitrogens with two attached hydrogens (primary N) is 1. The third-order valence-corrected chi connectivity index (χ3v) is 11.9. The molecule has 4 aromatic rings. The SMILES string of the molecule is CCc1nc[nH]c1Cc1cc(C=CC(=O)N2c3cc(OC4(O)OC(CO)C(O)C(O)C4O)c(O)cc3C(CC3(c4ccccc4)CCCC3N)C2C(=O)O)ccc1O. The number of hydrogen-bond donors (Lipinski definition) is 10. The highest BCUT2D eigenvalue weighted by molar-refractivity contribution is 6.10. The van der Waals surface area contributed by atoms with Crippen molar-refractivity contribution in [3.05, 3.63) is 107 Å². The molecule has 16 nitrogen and oxygen atoms in total. The molecule has 9 unspecified atom stereocenters. The number of amides is 1. The van der Waals surface area contributed by atoms with Gasteiger partial charge in [-0.05, 0) is 66.6 Å². The smallest absolute Gasteiger partial charge is 0.355 e. The molecule has 0 radical (unpaired) electrons. The van der Waals surface area contributed by atoms with Gasteiger partial charge in [0.25, 0.3) is 5.91 Å². The van der Waals surface area contributed by atoms with Crippen molar-refractivity contribution in [3.8, 4) is 17.2 Å². The maximum absolute atomic E-state index is 14.4. The molecule has 3 aliphatic rings. The fourth-order valence-corrected chi connectivity index (χ4v) is 8.87. The number of nitrogens with one attached hydrogen (secondary N) is 1. The Hall–Kier alpha value is -5.33. The van der Waals surface area contributed by atoms with Gasteiger partial charge in [0.15, 0.2) is 17.6 Å². The molecule has 308 valence electrons. The van der Waals surface area contributed by atoms with Crippen LogP contribution in [0, 0.1) is 0 Å². The Morgan fingerprint density at radius 3 is 2.50 bits per heavy atom. The van der Waals surface area contributed by atoms with Crippen molar-refractivity contribution in [1.82, 2.24) is 9.97 Å². The summed E-state index contributed by atoms with van der Waals surface area (Å²) in [7, 11) is 0. The number of nitrogens with zero attached hydrogens (tertiary/aromatic N) is 2. The van der Waals surface area contributed by atoms with E-state index in [2.05, 4.69) is 9.97 Å². The van der Waals surface area contributed by atoms with Gasteiger partial charge in [-0.15, -0.1) is 0 Å². The van der Waals surface area contributed by atoms with Gasteiger partial charge in [0.05, 0.1) is 24.3 Å². The van der Waals surface area contributed by atoms with Gasteiger partial charge in [0.2, 0.25) is 0 Å². The molecule has 58 heavy (non-hydrogen) atoms. The van der Waals surface area contributed by atoms with Crippen LogP contribution in [0.4, 0.5) is 5.69 Å². The van der Waals surface area contributed by atoms with Gasteiger partial charge in [-0.25, -0.2) is 9.78 Å². The van der Waals surface area contributed by atoms with Gasteiger partial charge < -0.3 is 61.0 Å². The second kappa shape index (κ2) is 16.1. The first kappa shape index (κ1) is 40.9. The zero-order valence-electron chi connectivity index (χ0n) is 31.7. The molecule has 1 amide bonds. The van der Waals surface area contributed by atoms with Crippen molar-refractivity contribution in [2.45, 2.75) is 99.3 Å². The summed E-state index contributed by atoms with van der Waals surface area (Å²) in [5.74, 6) is -7.32. The number of carbonyl (C=O) groups is 2. The number of aromatic amines is 1. The summed E-state index contributed by atoms with van der Waals surface area (Å²) in [6.07, 6.45) is -0.209. The van der Waals surface area contributed by atoms with Gasteiger partial charge in [0.1, 0.15) is 30.1 Å². The van der Waals surface area contributed by atoms with Crippen molar-refractivity contribution in [2.24, 2.45) is 5.73 Å². The predicted molar refractivity (Wildman–Crippen MR) is 208 cm³/mol. The quantitative estimate of drug-likeness (QED) is 0.0725. The Balaban J connectivity index is 1.29. The van der Waals surface area contributed by atoms with E-state index in [1.165, 1.54) is 24.3 Å². The van der Waals surface area contributed by atoms with Crippen LogP contribution in [0.2, 0.25) is 0 Å². The van der Waals surface area contributed by atoms with Crippen LogP contribution in [-0.4, -0.2) is 112 Å². The van der Waals surface area contributed by atoms with Crippen molar-refractivity contribution < 1.29 is 59.9 Å². The highest BCUT2D eigenvalue weighted by atomic mass is 16.8. The molecule has 3 heterocycles. The zero-order valence-corrected chi connectivity index (χ0v) is 31.7. The minimum absolute atomic E-state index is 0.000515. The van der Waals surface area contributed by atoms with E-state index in [-0.39, 0.29) is 29.5 Å². The maximum Gasteiger partial charge on any atom is 0.355 e. The molecule has 11 N–H and O–H groups in total. The van der Waals surface area contributed by atoms with Crippen LogP contribution < -0.4 is 15.4 Å². The molecule has 0 spiro atoms. The molecule has 3 aromatic carbocycles. The highest BCUT2D eigenvalue weighted by Gasteiger charge is 2.56. The molecule has 16 heteroatoms. The first-order chi connectivity index (χ1) is 27.7. The van der Waals surface area contributed by atoms with E-state index in [0.29, 0.717) is 36.8 Å². The summed E-state index contributed by atoms with van der Waals surface area (Å²) in [5.41, 5.74) is 10.1. The van der Waals surface area contributed by atoms with E-state index >= 15 is 0 Å². The lowest BCUT2D eigenvalue weighted by Crippen LogP contribution is -2.67. The molecule has 9 atom stereocenters. The molecule has 2 aliphatic heterocycles. The number of rotatable bonds is 12. The Labute approximate surface area is 333 Å². The first-order valence-corrected chi connectivity index (χ1v) is 19.2. The van der Waals surface area contributed by atoms with E-state index in [9.17, 15) is 50.4 Å². The van der Waals surface area contributed by atoms with Crippen LogP contribution in [0.15, 0.2) is 73.1 Å². The van der Waals surface area contributed by atoms with Gasteiger partial charge in [0, 0.05) is 47.2 Å². The van der Waals surface area contributed by atoms with Gasteiger partial charge in [-0.3, -0.25) is 9.69 Å². The lowest BCUT2D eigenvalue weighted by Gasteiger charge is -2.44. The Morgan fingerprint density at radius 1 is 1.07 bits per heavy atom. The standard InChI is InChI=1S/C42H48N4O12/c1-2-27-28(45-21-44-27)16-23-15-22(10-12-30(23)48)11-13-35(50)46-29-18-32(57-42(56)39(53)38(52)37(51)33(20-47)58-42)31(49)17-25(29)26(36(46)40(54)55)19-41(14-6-9-34(41)43)24-7-4-3-5-8-24/h3-5,7-8,10-13,15,17-18,21,26,33-34,36-39,47-49,51-53,56H,2,6,9,14,16,19-20,43H2,1H3,(H,44,45)(H,54,55). The van der Waals surface area contributed by atoms with Crippen LogP contribution in [0.3, 0.4) is 0 Å². The summed E-state index contributed by atoms with van der Waals surface area (Å²) in [6, 6.07) is 14.8. The number of aromatic nitrogens is 2. The number of hydrogen-bond acceptors (Lipinski definition) is 13. The third-order valence-electron chi connectivity index (χ3n) is 11.9. The van der Waals surface area contributed by atoms with Crippen molar-refractivity contribution in [2.75, 3.05) is 11.5 Å². The van der Waals surface area contributed by atoms with Crippen molar-refractivity contribution in [1.29, 1.82) is 0 Å². The summed E-state index contributed by atoms with van der Waals surface area (Å²) >= 11 is 0. The van der Waals surface area contributed by atoms with E-state index < -0.39 is 77.7 Å². The maximum atomic E-state index is 14.4. The lowest BCUT2D eigenvalue weighted by molar-refractivity contribution is -0.422. The monoisotopic (exact) mass is 800 g/mol. The molecule has 1 saturated carbocycles. The van der Waals surface area contributed by atoms with Crippen LogP contribution in [0.5, 0.6) is 17.2 Å². The number of aliphatic carboxylic acids is 1. The molecule has 1 aromatic heterocycles. The normalized spacial score (nSPS) is 29.5. The number of imidazole rings is 1. The minimum atomic E-state index is -3.12. The number of ether oxygens (including phenoxy) is 2. The number of carboxylic acids is 1. The van der Waals surface area contributed by atoms with Crippen LogP contribution in [0.1, 0.15) is 72.2 Å². The average molecular weight is 801 g/mol. The Kier molecular flexibility index (Phi) is 11.4. The zero-order chi connectivity index (χ0) is 41.5. The number of aryl methyl sites for hydroxylation is 1. The predicted octanol–water partition coefficient (Wildman–Crippen LogP) is 1.91. The van der Waals surface area contributed by atoms with E-state index in [1.807, 2.05) is 37.3 Å². The fraction of sp³-hybridized carbons (Fsp3) is 0.405. The number of fused-ring (bicyclic) bond motifs is 1. The van der Waals surface area contributed by atoms with Gasteiger partial charge in [-0.1, -0.05) is 49.7 Å². The van der Waals surface area contributed by atoms with Crippen LogP contribution in [-0.2, 0) is 32.6 Å². The molecular formula is C42H48N4O12. The second-order valence-electron chi connectivity index (χ2n) is 15.3. The van der Waals surface area contributed by atoms with Crippen molar-refractivity contribution >= 4 is 23.6 Å². The topological polar surface area (TPSA) is 272 Å². The molecule has 1 saturated heterocycles. The number of aliphatic hydroxyl groups excluding tert-OH is 4. The van der Waals surface area contributed by atoms with E-state index in [0.717, 1.165) is 34.3 Å². The van der Waals surface area contributed by atoms with Crippen molar-refractivity contribution in [3.63, 3.8) is 0 Å². The molecule has 2 fully saturated rings. The lowest BCUT2D eigenvalue weighted by atomic mass is 9.68. The third kappa shape index (κ3) is 7.32. The van der Waals surface area contributed by atoms with Crippen LogP contribution >= 0.6 is 0 Å². The van der Waals surface area contributed by atoms with Gasteiger partial charge >= 0.3 is 11.9 Å². The van der Waals surface area contributed by atoms with Gasteiger partial charge in [-0.2, -0.15) is 0 Å². The summed E-state index contributed by atoms with van der Waals surface area (Å²) in [4.78, 5) is 36.3. The average Bonchev–Trinajstić information content (AvgIpc) is 3.91. The molecule has 7 rings (SSSR count). The number of phenolic OH excluding ortho intramolecular Hbond substituents is 2. The minimum Gasteiger partial charge on any atom is -0.508 e. The van der Waals surface area contributed by atoms with E-state index in [4.69, 9.17) is 15.2 Å². The summed E-state index contributed by atoms with van der Waals surface area (Å²) in [5, 5.41) is 85.3. The number of aliphatic hydroxyl groups is 5. The molecule has 0 bridgehead atoms.